The summed E-state index contributed by atoms with van der Waals surface area (Å²) in [5, 5.41) is 0. The van der Waals surface area contributed by atoms with Gasteiger partial charge >= 0.3 is 0 Å². The summed E-state index contributed by atoms with van der Waals surface area (Å²) in [6, 6.07) is 7.17. The Balaban J connectivity index is 1.45. The second-order valence-corrected chi connectivity index (χ2v) is 11.4. The van der Waals surface area contributed by atoms with E-state index in [-0.39, 0.29) is 0 Å². The summed E-state index contributed by atoms with van der Waals surface area (Å²) >= 11 is 1.90. The molecular weight excluding hydrogens is 430 g/mol. The fourth-order valence-corrected chi connectivity index (χ4v) is 5.35. The van der Waals surface area contributed by atoms with Crippen molar-refractivity contribution in [2.75, 3.05) is 63.0 Å². The van der Waals surface area contributed by atoms with Crippen LogP contribution in [0, 0.1) is 0 Å². The Bertz CT molecular complexity index is 1010. The van der Waals surface area contributed by atoms with E-state index >= 15 is 0 Å². The van der Waals surface area contributed by atoms with E-state index in [9.17, 15) is 4.21 Å². The fraction of sp³-hybridized carbons (Fsp3) is 0.545. The topological polar surface area (TPSA) is 70.9 Å². The van der Waals surface area contributed by atoms with Crippen molar-refractivity contribution in [1.82, 2.24) is 14.9 Å². The Kier molecular flexibility index (Phi) is 7.03. The van der Waals surface area contributed by atoms with E-state index in [1.807, 2.05) is 11.8 Å². The minimum atomic E-state index is -2.40. The predicted octanol–water partition coefficient (Wildman–Crippen LogP) is 3.11. The molecule has 7 nitrogen and oxygen atoms in total. The lowest BCUT2D eigenvalue weighted by Crippen LogP contribution is -2.48. The number of aromatic nitrogens is 2. The smallest absolute Gasteiger partial charge is 0.225 e. The second kappa shape index (κ2) is 9.75. The van der Waals surface area contributed by atoms with Crippen molar-refractivity contribution in [1.29, 1.82) is 0 Å². The highest BCUT2D eigenvalue weighted by Gasteiger charge is 2.27. The maximum absolute atomic E-state index is 12.4. The first-order chi connectivity index (χ1) is 15.0. The van der Waals surface area contributed by atoms with Gasteiger partial charge in [0.2, 0.25) is 5.95 Å². The molecule has 0 amide bonds. The van der Waals surface area contributed by atoms with Crippen LogP contribution in [0.1, 0.15) is 23.6 Å². The van der Waals surface area contributed by atoms with Crippen molar-refractivity contribution in [3.63, 3.8) is 0 Å². The standard InChI is InChI=1S/C22H31N5O2S2/c1-23-31(3,28)19-15-24-22(25-16-19)27-10-8-26(9-11-27)20(7-13-30-2)18-5-4-17-6-12-29-21(17)14-18/h4-5,14-16,20H,6-13H2,1-3H3. The molecule has 0 aliphatic carbocycles. The molecule has 4 rings (SSSR count). The highest BCUT2D eigenvalue weighted by atomic mass is 32.2. The molecule has 2 aliphatic rings. The summed E-state index contributed by atoms with van der Waals surface area (Å²) in [6.07, 6.45) is 9.22. The zero-order valence-electron chi connectivity index (χ0n) is 18.5. The van der Waals surface area contributed by atoms with Gasteiger partial charge in [-0.3, -0.25) is 4.90 Å². The minimum Gasteiger partial charge on any atom is -0.493 e. The molecule has 9 heteroatoms. The molecule has 0 radical (unpaired) electrons. The number of anilines is 1. The van der Waals surface area contributed by atoms with Gasteiger partial charge in [-0.25, -0.2) is 18.5 Å². The zero-order chi connectivity index (χ0) is 21.8. The SMILES string of the molecule is CN=S(C)(=O)c1cnc(N2CCN(C(CCSC)c3ccc4c(c3)OCC4)CC2)nc1. The van der Waals surface area contributed by atoms with Gasteiger partial charge in [-0.2, -0.15) is 11.8 Å². The Morgan fingerprint density at radius 1 is 1.23 bits per heavy atom. The van der Waals surface area contributed by atoms with Crippen LogP contribution in [0.5, 0.6) is 5.75 Å². The van der Waals surface area contributed by atoms with Crippen LogP contribution in [0.3, 0.4) is 0 Å². The number of thioether (sulfide) groups is 1. The molecule has 2 aromatic rings. The van der Waals surface area contributed by atoms with Crippen LogP contribution >= 0.6 is 11.8 Å². The summed E-state index contributed by atoms with van der Waals surface area (Å²) < 4.78 is 22.2. The normalized spacial score (nSPS) is 19.4. The molecular formula is C22H31N5O2S2. The van der Waals surface area contributed by atoms with Gasteiger partial charge in [0.15, 0.2) is 0 Å². The van der Waals surface area contributed by atoms with E-state index in [1.54, 1.807) is 25.7 Å². The molecule has 2 aliphatic heterocycles. The first kappa shape index (κ1) is 22.4. The van der Waals surface area contributed by atoms with Crippen LogP contribution < -0.4 is 9.64 Å². The van der Waals surface area contributed by atoms with Gasteiger partial charge in [-0.15, -0.1) is 0 Å². The minimum absolute atomic E-state index is 0.392. The van der Waals surface area contributed by atoms with E-state index < -0.39 is 9.73 Å². The molecule has 1 fully saturated rings. The van der Waals surface area contributed by atoms with Crippen LogP contribution in [0.15, 0.2) is 39.9 Å². The summed E-state index contributed by atoms with van der Waals surface area (Å²) in [4.78, 5) is 14.3. The third-order valence-corrected chi connectivity index (χ3v) is 8.56. The Hall–Kier alpha value is -1.84. The van der Waals surface area contributed by atoms with E-state index in [0.29, 0.717) is 16.9 Å². The molecule has 2 unspecified atom stereocenters. The van der Waals surface area contributed by atoms with Crippen molar-refractivity contribution < 1.29 is 8.95 Å². The van der Waals surface area contributed by atoms with Crippen molar-refractivity contribution in [3.8, 4) is 5.75 Å². The summed E-state index contributed by atoms with van der Waals surface area (Å²) in [5.74, 6) is 2.89. The first-order valence-electron chi connectivity index (χ1n) is 10.7. The molecule has 0 spiro atoms. The molecule has 2 atom stereocenters. The maximum atomic E-state index is 12.4. The zero-order valence-corrected chi connectivity index (χ0v) is 20.1. The van der Waals surface area contributed by atoms with E-state index in [4.69, 9.17) is 4.74 Å². The number of piperazine rings is 1. The van der Waals surface area contributed by atoms with Gasteiger partial charge in [-0.1, -0.05) is 12.1 Å². The molecule has 1 saturated heterocycles. The maximum Gasteiger partial charge on any atom is 0.225 e. The summed E-state index contributed by atoms with van der Waals surface area (Å²) in [6.45, 7) is 4.45. The lowest BCUT2D eigenvalue weighted by Gasteiger charge is -2.39. The molecule has 1 aromatic carbocycles. The van der Waals surface area contributed by atoms with Gasteiger partial charge in [0.1, 0.15) is 5.75 Å². The first-order valence-corrected chi connectivity index (χ1v) is 14.0. The molecule has 168 valence electrons. The monoisotopic (exact) mass is 461 g/mol. The molecule has 1 aromatic heterocycles. The number of hydrogen-bond acceptors (Lipinski definition) is 8. The highest BCUT2D eigenvalue weighted by molar-refractivity contribution is 7.98. The quantitative estimate of drug-likeness (QED) is 0.627. The van der Waals surface area contributed by atoms with Crippen molar-refractivity contribution in [3.05, 3.63) is 41.7 Å². The average Bonchev–Trinajstić information content (AvgIpc) is 3.28. The van der Waals surface area contributed by atoms with Gasteiger partial charge in [0, 0.05) is 64.3 Å². The molecule has 3 heterocycles. The van der Waals surface area contributed by atoms with Crippen molar-refractivity contribution in [2.24, 2.45) is 4.36 Å². The van der Waals surface area contributed by atoms with Crippen LogP contribution in [-0.2, 0) is 16.1 Å². The molecule has 31 heavy (non-hydrogen) atoms. The summed E-state index contributed by atoms with van der Waals surface area (Å²) in [5.41, 5.74) is 2.68. The number of hydrogen-bond donors (Lipinski definition) is 0. The Morgan fingerprint density at radius 2 is 1.97 bits per heavy atom. The second-order valence-electron chi connectivity index (χ2n) is 7.99. The predicted molar refractivity (Wildman–Crippen MR) is 128 cm³/mol. The van der Waals surface area contributed by atoms with Gasteiger partial charge < -0.3 is 9.64 Å². The summed E-state index contributed by atoms with van der Waals surface area (Å²) in [7, 11) is -0.833. The van der Waals surface area contributed by atoms with Crippen LogP contribution in [0.4, 0.5) is 5.95 Å². The number of benzene rings is 1. The fourth-order valence-electron chi connectivity index (χ4n) is 4.19. The number of rotatable bonds is 7. The van der Waals surface area contributed by atoms with Crippen molar-refractivity contribution >= 4 is 27.4 Å². The van der Waals surface area contributed by atoms with E-state index in [2.05, 4.69) is 48.6 Å². The average molecular weight is 462 g/mol. The van der Waals surface area contributed by atoms with Crippen LogP contribution in [-0.4, -0.2) is 77.2 Å². The number of nitrogens with zero attached hydrogens (tertiary/aromatic N) is 5. The lowest BCUT2D eigenvalue weighted by atomic mass is 9.99. The number of ether oxygens (including phenoxy) is 1. The number of fused-ring (bicyclic) bond motifs is 1. The van der Waals surface area contributed by atoms with E-state index in [1.165, 1.54) is 11.1 Å². The molecule has 0 saturated carbocycles. The lowest BCUT2D eigenvalue weighted by molar-refractivity contribution is 0.181. The third-order valence-electron chi connectivity index (χ3n) is 6.14. The van der Waals surface area contributed by atoms with Gasteiger partial charge in [-0.05, 0) is 35.6 Å². The van der Waals surface area contributed by atoms with Gasteiger partial charge in [0.05, 0.1) is 21.2 Å². The molecule has 0 N–H and O–H groups in total. The highest BCUT2D eigenvalue weighted by Crippen LogP contribution is 2.33. The third kappa shape index (κ3) is 4.99. The van der Waals surface area contributed by atoms with Gasteiger partial charge in [0.25, 0.3) is 0 Å². The largest absolute Gasteiger partial charge is 0.493 e. The van der Waals surface area contributed by atoms with Crippen molar-refractivity contribution in [2.45, 2.75) is 23.8 Å². The Morgan fingerprint density at radius 3 is 2.65 bits per heavy atom. The molecule has 0 bridgehead atoms. The van der Waals surface area contributed by atoms with Crippen LogP contribution in [0.2, 0.25) is 0 Å². The van der Waals surface area contributed by atoms with Crippen LogP contribution in [0.25, 0.3) is 0 Å². The Labute approximate surface area is 189 Å². The van der Waals surface area contributed by atoms with E-state index in [0.717, 1.165) is 57.1 Å².